The standard InChI is InChI=1S/C17H23ClN2S/c1-5-6-16(14-7-9-15(18)10-8-14)20-12(3)17-11(2)19-13(4)21-17/h7-10,12,16,20H,5-6H2,1-4H3. The van der Waals surface area contributed by atoms with Crippen molar-refractivity contribution in [2.24, 2.45) is 0 Å². The van der Waals surface area contributed by atoms with E-state index in [-0.39, 0.29) is 0 Å². The molecule has 0 aliphatic rings. The minimum atomic E-state index is 0.309. The molecule has 2 nitrogen and oxygen atoms in total. The smallest absolute Gasteiger partial charge is 0.0900 e. The summed E-state index contributed by atoms with van der Waals surface area (Å²) >= 11 is 7.78. The lowest BCUT2D eigenvalue weighted by Gasteiger charge is -2.23. The topological polar surface area (TPSA) is 24.9 Å². The van der Waals surface area contributed by atoms with Gasteiger partial charge in [0.25, 0.3) is 0 Å². The summed E-state index contributed by atoms with van der Waals surface area (Å²) in [6.45, 7) is 8.60. The highest BCUT2D eigenvalue weighted by atomic mass is 35.5. The Labute approximate surface area is 136 Å². The Kier molecular flexibility index (Phi) is 5.80. The van der Waals surface area contributed by atoms with Gasteiger partial charge in [-0.25, -0.2) is 4.98 Å². The van der Waals surface area contributed by atoms with E-state index in [4.69, 9.17) is 11.6 Å². The van der Waals surface area contributed by atoms with Crippen molar-refractivity contribution in [2.75, 3.05) is 0 Å². The second kappa shape index (κ2) is 7.39. The van der Waals surface area contributed by atoms with E-state index in [0.29, 0.717) is 12.1 Å². The maximum atomic E-state index is 5.99. The molecule has 0 radical (unpaired) electrons. The van der Waals surface area contributed by atoms with Crippen LogP contribution in [0.15, 0.2) is 24.3 Å². The number of hydrogen-bond acceptors (Lipinski definition) is 3. The van der Waals surface area contributed by atoms with Crippen LogP contribution < -0.4 is 5.32 Å². The molecule has 0 aliphatic heterocycles. The Balaban J connectivity index is 2.15. The van der Waals surface area contributed by atoms with E-state index in [1.807, 2.05) is 12.1 Å². The quantitative estimate of drug-likeness (QED) is 0.748. The molecule has 2 rings (SSSR count). The van der Waals surface area contributed by atoms with Gasteiger partial charge in [-0.3, -0.25) is 0 Å². The molecule has 0 spiro atoms. The van der Waals surface area contributed by atoms with Gasteiger partial charge in [-0.2, -0.15) is 0 Å². The average Bonchev–Trinajstić information content (AvgIpc) is 2.78. The van der Waals surface area contributed by atoms with Crippen LogP contribution in [0.25, 0.3) is 0 Å². The third-order valence-corrected chi connectivity index (χ3v) is 5.14. The van der Waals surface area contributed by atoms with Gasteiger partial charge < -0.3 is 5.32 Å². The minimum Gasteiger partial charge on any atom is -0.303 e. The molecule has 0 fully saturated rings. The first kappa shape index (κ1) is 16.5. The lowest BCUT2D eigenvalue weighted by Crippen LogP contribution is -2.24. The fraction of sp³-hybridized carbons (Fsp3) is 0.471. The fourth-order valence-corrected chi connectivity index (χ4v) is 3.72. The predicted octanol–water partition coefficient (Wildman–Crippen LogP) is 5.61. The number of hydrogen-bond donors (Lipinski definition) is 1. The van der Waals surface area contributed by atoms with Gasteiger partial charge in [-0.05, 0) is 44.9 Å². The molecule has 0 bridgehead atoms. The number of nitrogens with one attached hydrogen (secondary N) is 1. The van der Waals surface area contributed by atoms with Crippen LogP contribution in [0.3, 0.4) is 0 Å². The van der Waals surface area contributed by atoms with Gasteiger partial charge in [0.15, 0.2) is 0 Å². The van der Waals surface area contributed by atoms with Crippen molar-refractivity contribution in [2.45, 2.75) is 52.6 Å². The zero-order valence-corrected chi connectivity index (χ0v) is 14.7. The first-order chi connectivity index (χ1) is 10.0. The molecular weight excluding hydrogens is 300 g/mol. The molecule has 1 N–H and O–H groups in total. The molecule has 0 saturated heterocycles. The Bertz CT molecular complexity index is 577. The van der Waals surface area contributed by atoms with Gasteiger partial charge >= 0.3 is 0 Å². The molecule has 0 aliphatic carbocycles. The average molecular weight is 323 g/mol. The number of halogens is 1. The van der Waals surface area contributed by atoms with E-state index >= 15 is 0 Å². The van der Waals surface area contributed by atoms with Crippen LogP contribution in [0.1, 0.15) is 59.9 Å². The van der Waals surface area contributed by atoms with Gasteiger partial charge in [0.1, 0.15) is 0 Å². The van der Waals surface area contributed by atoms with Gasteiger partial charge in [-0.1, -0.05) is 37.1 Å². The molecule has 2 unspecified atom stereocenters. The molecule has 1 heterocycles. The molecule has 1 aromatic carbocycles. The minimum absolute atomic E-state index is 0.309. The van der Waals surface area contributed by atoms with Crippen LogP contribution >= 0.6 is 22.9 Å². The molecule has 0 amide bonds. The molecule has 21 heavy (non-hydrogen) atoms. The third kappa shape index (κ3) is 4.29. The van der Waals surface area contributed by atoms with E-state index in [0.717, 1.165) is 28.6 Å². The second-order valence-corrected chi connectivity index (χ2v) is 7.13. The van der Waals surface area contributed by atoms with Crippen LogP contribution in [0, 0.1) is 13.8 Å². The van der Waals surface area contributed by atoms with Crippen molar-refractivity contribution >= 4 is 22.9 Å². The Hall–Kier alpha value is -0.900. The number of nitrogens with zero attached hydrogens (tertiary/aromatic N) is 1. The predicted molar refractivity (Wildman–Crippen MR) is 92.2 cm³/mol. The van der Waals surface area contributed by atoms with Crippen LogP contribution in [0.2, 0.25) is 5.02 Å². The Morgan fingerprint density at radius 3 is 2.43 bits per heavy atom. The summed E-state index contributed by atoms with van der Waals surface area (Å²) in [6, 6.07) is 8.83. The SMILES string of the molecule is CCCC(NC(C)c1sc(C)nc1C)c1ccc(Cl)cc1. The summed E-state index contributed by atoms with van der Waals surface area (Å²) < 4.78 is 0. The van der Waals surface area contributed by atoms with E-state index < -0.39 is 0 Å². The molecular formula is C17H23ClN2S. The van der Waals surface area contributed by atoms with Crippen LogP contribution in [-0.4, -0.2) is 4.98 Å². The number of rotatable bonds is 6. The molecule has 114 valence electrons. The van der Waals surface area contributed by atoms with Gasteiger partial charge in [-0.15, -0.1) is 11.3 Å². The highest BCUT2D eigenvalue weighted by molar-refractivity contribution is 7.11. The van der Waals surface area contributed by atoms with Crippen LogP contribution in [0.4, 0.5) is 0 Å². The molecule has 1 aromatic heterocycles. The highest BCUT2D eigenvalue weighted by Crippen LogP contribution is 2.29. The second-order valence-electron chi connectivity index (χ2n) is 5.46. The summed E-state index contributed by atoms with van der Waals surface area (Å²) in [5.74, 6) is 0. The van der Waals surface area contributed by atoms with Crippen molar-refractivity contribution in [3.8, 4) is 0 Å². The van der Waals surface area contributed by atoms with Crippen molar-refractivity contribution in [3.63, 3.8) is 0 Å². The largest absolute Gasteiger partial charge is 0.303 e. The zero-order chi connectivity index (χ0) is 15.4. The van der Waals surface area contributed by atoms with E-state index in [1.54, 1.807) is 11.3 Å². The lowest BCUT2D eigenvalue weighted by molar-refractivity contribution is 0.442. The zero-order valence-electron chi connectivity index (χ0n) is 13.1. The van der Waals surface area contributed by atoms with Crippen molar-refractivity contribution < 1.29 is 0 Å². The lowest BCUT2D eigenvalue weighted by atomic mass is 10.0. The number of aromatic nitrogens is 1. The van der Waals surface area contributed by atoms with Crippen molar-refractivity contribution in [3.05, 3.63) is 50.4 Å². The molecule has 2 aromatic rings. The van der Waals surface area contributed by atoms with Crippen LogP contribution in [0.5, 0.6) is 0 Å². The summed E-state index contributed by atoms with van der Waals surface area (Å²) in [5.41, 5.74) is 2.44. The fourth-order valence-electron chi connectivity index (χ4n) is 2.66. The number of thiazole rings is 1. The molecule has 2 atom stereocenters. The first-order valence-corrected chi connectivity index (χ1v) is 8.66. The van der Waals surface area contributed by atoms with Gasteiger partial charge in [0, 0.05) is 22.0 Å². The monoisotopic (exact) mass is 322 g/mol. The van der Waals surface area contributed by atoms with Gasteiger partial charge in [0.05, 0.1) is 10.7 Å². The van der Waals surface area contributed by atoms with E-state index in [2.05, 4.69) is 50.1 Å². The van der Waals surface area contributed by atoms with Crippen molar-refractivity contribution in [1.29, 1.82) is 0 Å². The first-order valence-electron chi connectivity index (χ1n) is 7.46. The molecule has 0 saturated carbocycles. The van der Waals surface area contributed by atoms with E-state index in [1.165, 1.54) is 10.4 Å². The Morgan fingerprint density at radius 1 is 1.24 bits per heavy atom. The summed E-state index contributed by atoms with van der Waals surface area (Å²) in [4.78, 5) is 5.87. The van der Waals surface area contributed by atoms with Crippen molar-refractivity contribution in [1.82, 2.24) is 10.3 Å². The number of aryl methyl sites for hydroxylation is 2. The Morgan fingerprint density at radius 2 is 1.90 bits per heavy atom. The van der Waals surface area contributed by atoms with Gasteiger partial charge in [0.2, 0.25) is 0 Å². The number of benzene rings is 1. The molecule has 4 heteroatoms. The summed E-state index contributed by atoms with van der Waals surface area (Å²) in [5, 5.41) is 5.67. The van der Waals surface area contributed by atoms with E-state index in [9.17, 15) is 0 Å². The highest BCUT2D eigenvalue weighted by Gasteiger charge is 2.18. The third-order valence-electron chi connectivity index (χ3n) is 3.63. The summed E-state index contributed by atoms with van der Waals surface area (Å²) in [6.07, 6.45) is 2.26. The maximum absolute atomic E-state index is 5.99. The van der Waals surface area contributed by atoms with Crippen LogP contribution in [-0.2, 0) is 0 Å². The normalized spacial score (nSPS) is 14.1. The maximum Gasteiger partial charge on any atom is 0.0900 e. The summed E-state index contributed by atoms with van der Waals surface area (Å²) in [7, 11) is 0.